The number of nitrogens with one attached hydrogen (secondary N) is 1. The maximum atomic E-state index is 13.2. The SMILES string of the molecule is CCCCC(CC(=O)c1cnc(N2C[C@@H](C)N(C)[C@H](C)C2)s1)Cc1c[nH]c2ccccc12. The molecule has 172 valence electrons. The van der Waals surface area contributed by atoms with Crippen LogP contribution in [0.3, 0.4) is 0 Å². The summed E-state index contributed by atoms with van der Waals surface area (Å²) < 4.78 is 0. The van der Waals surface area contributed by atoms with Gasteiger partial charge in [0.1, 0.15) is 0 Å². The van der Waals surface area contributed by atoms with Gasteiger partial charge in [0.05, 0.1) is 11.1 Å². The number of Topliss-reactive ketones (excluding diaryl/α,β-unsaturated/α-hetero) is 1. The predicted octanol–water partition coefficient (Wildman–Crippen LogP) is 5.78. The van der Waals surface area contributed by atoms with Crippen molar-refractivity contribution >= 4 is 33.2 Å². The van der Waals surface area contributed by atoms with E-state index in [1.54, 1.807) is 17.5 Å². The Balaban J connectivity index is 1.44. The van der Waals surface area contributed by atoms with Gasteiger partial charge in [0.15, 0.2) is 10.9 Å². The summed E-state index contributed by atoms with van der Waals surface area (Å²) >= 11 is 1.57. The second-order valence-electron chi connectivity index (χ2n) is 9.47. The van der Waals surface area contributed by atoms with Crippen LogP contribution in [0.4, 0.5) is 5.13 Å². The lowest BCUT2D eigenvalue weighted by Gasteiger charge is -2.42. The lowest BCUT2D eigenvalue weighted by Crippen LogP contribution is -2.55. The topological polar surface area (TPSA) is 52.2 Å². The van der Waals surface area contributed by atoms with Crippen LogP contribution >= 0.6 is 11.3 Å². The molecule has 0 amide bonds. The molecule has 1 aliphatic rings. The molecule has 0 aliphatic carbocycles. The van der Waals surface area contributed by atoms with Crippen LogP contribution < -0.4 is 4.90 Å². The minimum atomic E-state index is 0.241. The number of carbonyl (C=O) groups excluding carboxylic acids is 1. The zero-order valence-corrected chi connectivity index (χ0v) is 20.6. The third-order valence-electron chi connectivity index (χ3n) is 7.02. The normalized spacial score (nSPS) is 20.7. The zero-order valence-electron chi connectivity index (χ0n) is 19.8. The highest BCUT2D eigenvalue weighted by molar-refractivity contribution is 7.17. The van der Waals surface area contributed by atoms with Crippen molar-refractivity contribution < 1.29 is 4.79 Å². The molecule has 1 saturated heterocycles. The number of hydrogen-bond donors (Lipinski definition) is 1. The first-order valence-corrected chi connectivity index (χ1v) is 12.8. The first-order chi connectivity index (χ1) is 15.5. The van der Waals surface area contributed by atoms with Crippen LogP contribution in [0.1, 0.15) is 61.7 Å². The molecule has 0 bridgehead atoms. The fourth-order valence-electron chi connectivity index (χ4n) is 4.84. The Morgan fingerprint density at radius 1 is 1.25 bits per heavy atom. The molecule has 4 rings (SSSR count). The molecule has 5 nitrogen and oxygen atoms in total. The Morgan fingerprint density at radius 2 is 2.00 bits per heavy atom. The van der Waals surface area contributed by atoms with E-state index in [-0.39, 0.29) is 5.78 Å². The van der Waals surface area contributed by atoms with Crippen LogP contribution in [0.25, 0.3) is 10.9 Å². The lowest BCUT2D eigenvalue weighted by atomic mass is 9.89. The van der Waals surface area contributed by atoms with Crippen molar-refractivity contribution in [2.45, 2.75) is 65.0 Å². The zero-order chi connectivity index (χ0) is 22.7. The van der Waals surface area contributed by atoms with Crippen LogP contribution in [0, 0.1) is 5.92 Å². The van der Waals surface area contributed by atoms with E-state index in [9.17, 15) is 4.79 Å². The van der Waals surface area contributed by atoms with E-state index < -0.39 is 0 Å². The number of piperazine rings is 1. The molecule has 0 radical (unpaired) electrons. The summed E-state index contributed by atoms with van der Waals surface area (Å²) in [4.78, 5) is 26.8. The Morgan fingerprint density at radius 3 is 2.75 bits per heavy atom. The number of rotatable bonds is 9. The summed E-state index contributed by atoms with van der Waals surface area (Å²) in [6, 6.07) is 9.40. The highest BCUT2D eigenvalue weighted by Gasteiger charge is 2.28. The van der Waals surface area contributed by atoms with E-state index in [1.807, 2.05) is 0 Å². The molecule has 1 fully saturated rings. The molecule has 3 aromatic rings. The van der Waals surface area contributed by atoms with Crippen molar-refractivity contribution in [2.24, 2.45) is 5.92 Å². The van der Waals surface area contributed by atoms with Crippen molar-refractivity contribution in [1.29, 1.82) is 0 Å². The Kier molecular flexibility index (Phi) is 7.31. The lowest BCUT2D eigenvalue weighted by molar-refractivity contribution is 0.0962. The second kappa shape index (κ2) is 10.2. The number of aromatic nitrogens is 2. The van der Waals surface area contributed by atoms with Crippen molar-refractivity contribution in [3.8, 4) is 0 Å². The fourth-order valence-corrected chi connectivity index (χ4v) is 5.73. The maximum Gasteiger partial charge on any atom is 0.186 e. The van der Waals surface area contributed by atoms with Gasteiger partial charge in [-0.15, -0.1) is 0 Å². The number of para-hydroxylation sites is 1. The molecule has 1 unspecified atom stereocenters. The number of benzene rings is 1. The van der Waals surface area contributed by atoms with E-state index in [0.29, 0.717) is 24.4 Å². The second-order valence-corrected chi connectivity index (χ2v) is 10.5. The summed E-state index contributed by atoms with van der Waals surface area (Å²) in [5.74, 6) is 0.598. The Labute approximate surface area is 195 Å². The van der Waals surface area contributed by atoms with E-state index in [4.69, 9.17) is 0 Å². The van der Waals surface area contributed by atoms with Gasteiger partial charge < -0.3 is 9.88 Å². The molecule has 1 aromatic carbocycles. The monoisotopic (exact) mass is 452 g/mol. The highest BCUT2D eigenvalue weighted by atomic mass is 32.1. The van der Waals surface area contributed by atoms with Gasteiger partial charge in [0.25, 0.3) is 0 Å². The summed E-state index contributed by atoms with van der Waals surface area (Å²) in [5, 5.41) is 2.27. The average Bonchev–Trinajstić information content (AvgIpc) is 3.43. The van der Waals surface area contributed by atoms with Crippen molar-refractivity contribution in [1.82, 2.24) is 14.9 Å². The van der Waals surface area contributed by atoms with Crippen molar-refractivity contribution in [2.75, 3.05) is 25.0 Å². The van der Waals surface area contributed by atoms with E-state index in [2.05, 4.69) is 78.0 Å². The average molecular weight is 453 g/mol. The third kappa shape index (κ3) is 5.07. The molecule has 0 saturated carbocycles. The summed E-state index contributed by atoms with van der Waals surface area (Å²) in [5.41, 5.74) is 2.49. The van der Waals surface area contributed by atoms with Gasteiger partial charge in [-0.2, -0.15) is 0 Å². The number of aromatic amines is 1. The molecular weight excluding hydrogens is 416 g/mol. The number of carbonyl (C=O) groups is 1. The van der Waals surface area contributed by atoms with E-state index in [1.165, 1.54) is 16.5 Å². The van der Waals surface area contributed by atoms with Gasteiger partial charge >= 0.3 is 0 Å². The van der Waals surface area contributed by atoms with Crippen LogP contribution in [0.15, 0.2) is 36.7 Å². The number of anilines is 1. The molecule has 0 spiro atoms. The van der Waals surface area contributed by atoms with E-state index in [0.717, 1.165) is 48.8 Å². The molecule has 1 aliphatic heterocycles. The van der Waals surface area contributed by atoms with Crippen molar-refractivity contribution in [3.05, 3.63) is 47.1 Å². The van der Waals surface area contributed by atoms with E-state index >= 15 is 0 Å². The Hall–Kier alpha value is -2.18. The smallest absolute Gasteiger partial charge is 0.186 e. The van der Waals surface area contributed by atoms with Crippen LogP contribution in [-0.4, -0.2) is 52.9 Å². The quantitative estimate of drug-likeness (QED) is 0.419. The third-order valence-corrected chi connectivity index (χ3v) is 8.12. The summed E-state index contributed by atoms with van der Waals surface area (Å²) in [6.45, 7) is 8.65. The molecule has 6 heteroatoms. The summed E-state index contributed by atoms with van der Waals surface area (Å²) in [6.07, 6.45) is 8.86. The Bertz CT molecular complexity index is 1030. The molecule has 32 heavy (non-hydrogen) atoms. The van der Waals surface area contributed by atoms with Gasteiger partial charge in [0, 0.05) is 48.7 Å². The minimum Gasteiger partial charge on any atom is -0.361 e. The minimum absolute atomic E-state index is 0.241. The molecule has 2 aromatic heterocycles. The van der Waals surface area contributed by atoms with Gasteiger partial charge in [-0.25, -0.2) is 4.98 Å². The number of ketones is 1. The first-order valence-electron chi connectivity index (χ1n) is 12.0. The number of likely N-dealkylation sites (N-methyl/N-ethyl adjacent to an activating group) is 1. The molecular formula is C26H36N4OS. The number of thiazole rings is 1. The number of hydrogen-bond acceptors (Lipinski definition) is 5. The van der Waals surface area contributed by atoms with Gasteiger partial charge in [-0.1, -0.05) is 49.3 Å². The fraction of sp³-hybridized carbons (Fsp3) is 0.538. The molecule has 3 atom stereocenters. The van der Waals surface area contributed by atoms with Gasteiger partial charge in [-0.05, 0) is 51.3 Å². The maximum absolute atomic E-state index is 13.2. The highest BCUT2D eigenvalue weighted by Crippen LogP contribution is 2.30. The van der Waals surface area contributed by atoms with Crippen LogP contribution in [0.5, 0.6) is 0 Å². The number of fused-ring (bicyclic) bond motifs is 1. The van der Waals surface area contributed by atoms with Crippen LogP contribution in [-0.2, 0) is 6.42 Å². The molecule has 1 N–H and O–H groups in total. The standard InChI is InChI=1S/C26H36N4OS/c1-5-6-9-20(12-21-14-27-23-11-8-7-10-22(21)23)13-24(31)25-15-28-26(32-25)30-16-18(2)29(4)19(3)17-30/h7-8,10-11,14-15,18-20,27H,5-6,9,12-13,16-17H2,1-4H3/t18-,19-,20?/m1/s1. The largest absolute Gasteiger partial charge is 0.361 e. The summed E-state index contributed by atoms with van der Waals surface area (Å²) in [7, 11) is 2.19. The molecule has 3 heterocycles. The number of nitrogens with zero attached hydrogens (tertiary/aromatic N) is 3. The number of unbranched alkanes of at least 4 members (excludes halogenated alkanes) is 1. The van der Waals surface area contributed by atoms with Gasteiger partial charge in [0.2, 0.25) is 0 Å². The van der Waals surface area contributed by atoms with Crippen molar-refractivity contribution in [3.63, 3.8) is 0 Å². The number of H-pyrrole nitrogens is 1. The predicted molar refractivity (Wildman–Crippen MR) is 135 cm³/mol. The van der Waals surface area contributed by atoms with Gasteiger partial charge in [-0.3, -0.25) is 9.69 Å². The first kappa shape index (κ1) is 23.0. The van der Waals surface area contributed by atoms with Crippen LogP contribution in [0.2, 0.25) is 0 Å².